The third-order valence-electron chi connectivity index (χ3n) is 4.68. The lowest BCUT2D eigenvalue weighted by molar-refractivity contribution is -0.123. The van der Waals surface area contributed by atoms with E-state index >= 15 is 0 Å². The average molecular weight is 273 g/mol. The van der Waals surface area contributed by atoms with Crippen LogP contribution in [0.15, 0.2) is 24.3 Å². The number of nitrogens with one attached hydrogen (secondary N) is 1. The number of anilines is 1. The van der Waals surface area contributed by atoms with Crippen molar-refractivity contribution in [3.63, 3.8) is 0 Å². The molecule has 20 heavy (non-hydrogen) atoms. The summed E-state index contributed by atoms with van der Waals surface area (Å²) < 4.78 is 0. The molecule has 0 unspecified atom stereocenters. The van der Waals surface area contributed by atoms with Gasteiger partial charge in [-0.15, -0.1) is 0 Å². The normalized spacial score (nSPS) is 26.6. The lowest BCUT2D eigenvalue weighted by Gasteiger charge is -2.36. The quantitative estimate of drug-likeness (QED) is 0.854. The summed E-state index contributed by atoms with van der Waals surface area (Å²) in [6.07, 6.45) is 3.47. The highest BCUT2D eigenvalue weighted by atomic mass is 16.1. The highest BCUT2D eigenvalue weighted by molar-refractivity contribution is 5.92. The summed E-state index contributed by atoms with van der Waals surface area (Å²) >= 11 is 0. The molecule has 0 aliphatic heterocycles. The second-order valence-electron chi connectivity index (χ2n) is 6.79. The molecule has 0 spiro atoms. The zero-order chi connectivity index (χ0) is 14.7. The number of rotatable bonds is 3. The van der Waals surface area contributed by atoms with Gasteiger partial charge in [-0.3, -0.25) is 4.79 Å². The van der Waals surface area contributed by atoms with Crippen LogP contribution in [0.1, 0.15) is 45.6 Å². The molecule has 0 saturated heterocycles. The Kier molecular flexibility index (Phi) is 4.85. The summed E-state index contributed by atoms with van der Waals surface area (Å²) in [5.41, 5.74) is 2.13. The van der Waals surface area contributed by atoms with Gasteiger partial charge in [0.15, 0.2) is 0 Å². The van der Waals surface area contributed by atoms with Crippen LogP contribution >= 0.6 is 0 Å². The van der Waals surface area contributed by atoms with Gasteiger partial charge in [0, 0.05) is 11.6 Å². The van der Waals surface area contributed by atoms with E-state index in [0.29, 0.717) is 17.8 Å². The van der Waals surface area contributed by atoms with E-state index < -0.39 is 0 Å². The first-order chi connectivity index (χ1) is 9.47. The molecule has 1 aliphatic rings. The van der Waals surface area contributed by atoms with Crippen molar-refractivity contribution in [1.82, 2.24) is 0 Å². The second-order valence-corrected chi connectivity index (χ2v) is 6.79. The number of carbonyl (C=O) groups is 1. The number of hydrogen-bond donors (Lipinski definition) is 1. The van der Waals surface area contributed by atoms with Crippen LogP contribution in [0.4, 0.5) is 5.69 Å². The molecular formula is C18H27NO. The fourth-order valence-electron chi connectivity index (χ4n) is 3.38. The SMILES string of the molecule is Cc1ccc(NC(=O)[C@@H]2C[C@H](C)CC[C@H]2C(C)C)cc1. The molecule has 1 aromatic carbocycles. The Morgan fingerprint density at radius 1 is 1.20 bits per heavy atom. The Morgan fingerprint density at radius 2 is 1.85 bits per heavy atom. The van der Waals surface area contributed by atoms with Crippen molar-refractivity contribution in [2.45, 2.75) is 47.0 Å². The van der Waals surface area contributed by atoms with E-state index in [4.69, 9.17) is 0 Å². The van der Waals surface area contributed by atoms with E-state index in [1.54, 1.807) is 0 Å². The van der Waals surface area contributed by atoms with E-state index in [9.17, 15) is 4.79 Å². The molecule has 1 fully saturated rings. The third-order valence-corrected chi connectivity index (χ3v) is 4.68. The zero-order valence-electron chi connectivity index (χ0n) is 13.1. The van der Waals surface area contributed by atoms with Crippen molar-refractivity contribution in [1.29, 1.82) is 0 Å². The van der Waals surface area contributed by atoms with Crippen LogP contribution in [0, 0.1) is 30.6 Å². The summed E-state index contributed by atoms with van der Waals surface area (Å²) in [4.78, 5) is 12.6. The molecule has 1 amide bonds. The van der Waals surface area contributed by atoms with Crippen LogP contribution in [-0.2, 0) is 4.79 Å². The van der Waals surface area contributed by atoms with Gasteiger partial charge < -0.3 is 5.32 Å². The molecule has 0 radical (unpaired) electrons. The van der Waals surface area contributed by atoms with Crippen LogP contribution in [0.3, 0.4) is 0 Å². The Morgan fingerprint density at radius 3 is 2.45 bits per heavy atom. The van der Waals surface area contributed by atoms with Crippen LogP contribution < -0.4 is 5.32 Å². The first kappa shape index (κ1) is 15.1. The van der Waals surface area contributed by atoms with Crippen molar-refractivity contribution in [3.8, 4) is 0 Å². The highest BCUT2D eigenvalue weighted by Gasteiger charge is 2.35. The summed E-state index contributed by atoms with van der Waals surface area (Å²) in [7, 11) is 0. The number of hydrogen-bond acceptors (Lipinski definition) is 1. The Balaban J connectivity index is 2.07. The summed E-state index contributed by atoms with van der Waals surface area (Å²) in [5.74, 6) is 2.14. The largest absolute Gasteiger partial charge is 0.326 e. The van der Waals surface area contributed by atoms with E-state index in [1.807, 2.05) is 24.3 Å². The topological polar surface area (TPSA) is 29.1 Å². The van der Waals surface area contributed by atoms with Crippen LogP contribution in [-0.4, -0.2) is 5.91 Å². The standard InChI is InChI=1S/C18H27NO/c1-12(2)16-10-7-14(4)11-17(16)18(20)19-15-8-5-13(3)6-9-15/h5-6,8-9,12,14,16-17H,7,10-11H2,1-4H3,(H,19,20)/t14-,16+,17-/m1/s1. The number of benzene rings is 1. The maximum Gasteiger partial charge on any atom is 0.227 e. The van der Waals surface area contributed by atoms with Gasteiger partial charge in [0.1, 0.15) is 0 Å². The first-order valence-corrected chi connectivity index (χ1v) is 7.85. The van der Waals surface area contributed by atoms with Crippen LogP contribution in [0.5, 0.6) is 0 Å². The third kappa shape index (κ3) is 3.62. The van der Waals surface area contributed by atoms with Gasteiger partial charge in [0.25, 0.3) is 0 Å². The summed E-state index contributed by atoms with van der Waals surface area (Å²) in [6, 6.07) is 8.06. The van der Waals surface area contributed by atoms with Gasteiger partial charge in [0.2, 0.25) is 5.91 Å². The zero-order valence-corrected chi connectivity index (χ0v) is 13.1. The fourth-order valence-corrected chi connectivity index (χ4v) is 3.38. The molecule has 1 saturated carbocycles. The van der Waals surface area contributed by atoms with Gasteiger partial charge in [-0.2, -0.15) is 0 Å². The predicted molar refractivity (Wildman–Crippen MR) is 84.6 cm³/mol. The number of carbonyl (C=O) groups excluding carboxylic acids is 1. The summed E-state index contributed by atoms with van der Waals surface area (Å²) in [6.45, 7) is 8.81. The molecule has 0 heterocycles. The smallest absolute Gasteiger partial charge is 0.227 e. The van der Waals surface area contributed by atoms with E-state index in [2.05, 4.69) is 33.0 Å². The van der Waals surface area contributed by atoms with Gasteiger partial charge in [0.05, 0.1) is 0 Å². The minimum absolute atomic E-state index is 0.167. The van der Waals surface area contributed by atoms with Crippen LogP contribution in [0.25, 0.3) is 0 Å². The van der Waals surface area contributed by atoms with Crippen molar-refractivity contribution in [2.24, 2.45) is 23.7 Å². The van der Waals surface area contributed by atoms with Gasteiger partial charge >= 0.3 is 0 Å². The molecule has 1 aliphatic carbocycles. The molecule has 1 N–H and O–H groups in total. The van der Waals surface area contributed by atoms with Crippen molar-refractivity contribution in [3.05, 3.63) is 29.8 Å². The molecule has 110 valence electrons. The Hall–Kier alpha value is -1.31. The maximum atomic E-state index is 12.6. The molecule has 0 bridgehead atoms. The lowest BCUT2D eigenvalue weighted by atomic mass is 9.70. The van der Waals surface area contributed by atoms with Gasteiger partial charge in [-0.25, -0.2) is 0 Å². The van der Waals surface area contributed by atoms with E-state index in [1.165, 1.54) is 18.4 Å². The van der Waals surface area contributed by atoms with Crippen LogP contribution in [0.2, 0.25) is 0 Å². The maximum absolute atomic E-state index is 12.6. The summed E-state index contributed by atoms with van der Waals surface area (Å²) in [5, 5.41) is 3.11. The Bertz CT molecular complexity index is 449. The minimum atomic E-state index is 0.167. The Labute approximate surface area is 123 Å². The molecule has 2 heteroatoms. The van der Waals surface area contributed by atoms with Crippen molar-refractivity contribution < 1.29 is 4.79 Å². The average Bonchev–Trinajstić information content (AvgIpc) is 2.41. The molecular weight excluding hydrogens is 246 g/mol. The monoisotopic (exact) mass is 273 g/mol. The molecule has 2 nitrogen and oxygen atoms in total. The lowest BCUT2D eigenvalue weighted by Crippen LogP contribution is -2.36. The molecule has 0 aromatic heterocycles. The number of aryl methyl sites for hydroxylation is 1. The fraction of sp³-hybridized carbons (Fsp3) is 0.611. The first-order valence-electron chi connectivity index (χ1n) is 7.85. The second kappa shape index (κ2) is 6.43. The predicted octanol–water partition coefficient (Wildman–Crippen LogP) is 4.64. The minimum Gasteiger partial charge on any atom is -0.326 e. The molecule has 1 aromatic rings. The molecule has 3 atom stereocenters. The van der Waals surface area contributed by atoms with E-state index in [-0.39, 0.29) is 11.8 Å². The van der Waals surface area contributed by atoms with E-state index in [0.717, 1.165) is 12.1 Å². The van der Waals surface area contributed by atoms with Crippen molar-refractivity contribution >= 4 is 11.6 Å². The van der Waals surface area contributed by atoms with Crippen molar-refractivity contribution in [2.75, 3.05) is 5.32 Å². The van der Waals surface area contributed by atoms with Gasteiger partial charge in [-0.1, -0.05) is 44.9 Å². The number of amides is 1. The molecule has 2 rings (SSSR count). The highest BCUT2D eigenvalue weighted by Crippen LogP contribution is 2.38. The van der Waals surface area contributed by atoms with Gasteiger partial charge in [-0.05, 0) is 49.7 Å².